The molecule has 0 amide bonds. The zero-order valence-corrected chi connectivity index (χ0v) is 13.1. The van der Waals surface area contributed by atoms with Crippen molar-refractivity contribution in [2.24, 2.45) is 4.99 Å². The standard InChI is InChI=1S/C16H23N5O/c1-3-18-16(19-9-11-22-2)20-12-14-6-4-5-7-15(14)21-10-8-17-13-21/h4-8,10,13H,3,9,11-12H2,1-2H3,(H2,18,19,20). The number of aromatic nitrogens is 2. The highest BCUT2D eigenvalue weighted by molar-refractivity contribution is 5.79. The second-order valence-corrected chi connectivity index (χ2v) is 4.71. The molecule has 0 aliphatic rings. The summed E-state index contributed by atoms with van der Waals surface area (Å²) in [6.07, 6.45) is 5.51. The van der Waals surface area contributed by atoms with Crippen LogP contribution < -0.4 is 10.6 Å². The van der Waals surface area contributed by atoms with Crippen molar-refractivity contribution in [1.29, 1.82) is 0 Å². The highest BCUT2D eigenvalue weighted by Crippen LogP contribution is 2.14. The Morgan fingerprint density at radius 2 is 2.18 bits per heavy atom. The van der Waals surface area contributed by atoms with Crippen LogP contribution in [0.4, 0.5) is 0 Å². The van der Waals surface area contributed by atoms with Gasteiger partial charge in [-0.25, -0.2) is 9.98 Å². The molecule has 0 bridgehead atoms. The number of imidazole rings is 1. The van der Waals surface area contributed by atoms with Crippen LogP contribution in [0, 0.1) is 0 Å². The molecule has 1 aromatic carbocycles. The van der Waals surface area contributed by atoms with Gasteiger partial charge in [-0.2, -0.15) is 0 Å². The largest absolute Gasteiger partial charge is 0.383 e. The van der Waals surface area contributed by atoms with E-state index in [0.29, 0.717) is 13.2 Å². The predicted octanol–water partition coefficient (Wildman–Crippen LogP) is 1.57. The molecule has 1 heterocycles. The summed E-state index contributed by atoms with van der Waals surface area (Å²) >= 11 is 0. The van der Waals surface area contributed by atoms with Gasteiger partial charge >= 0.3 is 0 Å². The maximum absolute atomic E-state index is 5.05. The number of methoxy groups -OCH3 is 1. The van der Waals surface area contributed by atoms with Gasteiger partial charge in [0.15, 0.2) is 5.96 Å². The van der Waals surface area contributed by atoms with E-state index < -0.39 is 0 Å². The zero-order valence-electron chi connectivity index (χ0n) is 13.1. The summed E-state index contributed by atoms with van der Waals surface area (Å²) in [5.41, 5.74) is 2.24. The molecule has 2 rings (SSSR count). The van der Waals surface area contributed by atoms with Crippen LogP contribution in [0.1, 0.15) is 12.5 Å². The first kappa shape index (κ1) is 16.0. The fourth-order valence-electron chi connectivity index (χ4n) is 2.08. The number of hydrogen-bond donors (Lipinski definition) is 2. The summed E-state index contributed by atoms with van der Waals surface area (Å²) in [5.74, 6) is 0.792. The van der Waals surface area contributed by atoms with Gasteiger partial charge in [0.05, 0.1) is 25.2 Å². The minimum absolute atomic E-state index is 0.594. The van der Waals surface area contributed by atoms with E-state index in [4.69, 9.17) is 4.74 Å². The van der Waals surface area contributed by atoms with Crippen LogP contribution in [0.3, 0.4) is 0 Å². The van der Waals surface area contributed by atoms with E-state index in [1.807, 2.05) is 29.8 Å². The van der Waals surface area contributed by atoms with E-state index in [9.17, 15) is 0 Å². The molecule has 0 aliphatic heterocycles. The van der Waals surface area contributed by atoms with Crippen molar-refractivity contribution in [1.82, 2.24) is 20.2 Å². The van der Waals surface area contributed by atoms with Gasteiger partial charge in [0.25, 0.3) is 0 Å². The number of nitrogens with one attached hydrogen (secondary N) is 2. The van der Waals surface area contributed by atoms with E-state index in [1.165, 1.54) is 0 Å². The third-order valence-electron chi connectivity index (χ3n) is 3.12. The molecule has 0 spiro atoms. The quantitative estimate of drug-likeness (QED) is 0.463. The van der Waals surface area contributed by atoms with Crippen LogP contribution in [0.5, 0.6) is 0 Å². The van der Waals surface area contributed by atoms with Crippen LogP contribution in [0.25, 0.3) is 5.69 Å². The van der Waals surface area contributed by atoms with Crippen molar-refractivity contribution >= 4 is 5.96 Å². The highest BCUT2D eigenvalue weighted by atomic mass is 16.5. The topological polar surface area (TPSA) is 63.5 Å². The van der Waals surface area contributed by atoms with Crippen molar-refractivity contribution in [2.45, 2.75) is 13.5 Å². The molecule has 0 atom stereocenters. The third kappa shape index (κ3) is 4.60. The lowest BCUT2D eigenvalue weighted by atomic mass is 10.2. The van der Waals surface area contributed by atoms with E-state index in [0.717, 1.165) is 30.3 Å². The molecule has 2 aromatic rings. The summed E-state index contributed by atoms with van der Waals surface area (Å²) in [5, 5.41) is 6.47. The molecule has 6 heteroatoms. The highest BCUT2D eigenvalue weighted by Gasteiger charge is 2.04. The third-order valence-corrected chi connectivity index (χ3v) is 3.12. The van der Waals surface area contributed by atoms with Crippen molar-refractivity contribution in [3.05, 3.63) is 48.5 Å². The number of benzene rings is 1. The van der Waals surface area contributed by atoms with Gasteiger partial charge in [-0.3, -0.25) is 0 Å². The Hall–Kier alpha value is -2.34. The van der Waals surface area contributed by atoms with E-state index in [2.05, 4.69) is 32.7 Å². The zero-order chi connectivity index (χ0) is 15.6. The van der Waals surface area contributed by atoms with Crippen LogP contribution >= 0.6 is 0 Å². The van der Waals surface area contributed by atoms with Gasteiger partial charge in [-0.1, -0.05) is 18.2 Å². The monoisotopic (exact) mass is 301 g/mol. The average molecular weight is 301 g/mol. The van der Waals surface area contributed by atoms with E-state index in [-0.39, 0.29) is 0 Å². The maximum atomic E-state index is 5.05. The Balaban J connectivity index is 2.10. The summed E-state index contributed by atoms with van der Waals surface area (Å²) < 4.78 is 7.04. The molecule has 0 saturated carbocycles. The number of rotatable bonds is 7. The lowest BCUT2D eigenvalue weighted by Crippen LogP contribution is -2.38. The first-order valence-electron chi connectivity index (χ1n) is 7.42. The lowest BCUT2D eigenvalue weighted by molar-refractivity contribution is 0.203. The number of aliphatic imine (C=N–C) groups is 1. The fourth-order valence-corrected chi connectivity index (χ4v) is 2.08. The number of guanidine groups is 1. The Bertz CT molecular complexity index is 580. The van der Waals surface area contributed by atoms with Gasteiger partial charge in [-0.15, -0.1) is 0 Å². The number of para-hydroxylation sites is 1. The van der Waals surface area contributed by atoms with Crippen molar-refractivity contribution in [3.63, 3.8) is 0 Å². The lowest BCUT2D eigenvalue weighted by Gasteiger charge is -2.12. The molecular formula is C16H23N5O. The molecule has 0 unspecified atom stereocenters. The fraction of sp³-hybridized carbons (Fsp3) is 0.375. The summed E-state index contributed by atoms with van der Waals surface area (Å²) in [7, 11) is 1.69. The molecule has 118 valence electrons. The summed E-state index contributed by atoms with van der Waals surface area (Å²) in [6.45, 7) is 4.84. The second kappa shape index (κ2) is 8.84. The SMILES string of the molecule is CCNC(=NCc1ccccc1-n1ccnc1)NCCOC. The minimum Gasteiger partial charge on any atom is -0.383 e. The molecule has 6 nitrogen and oxygen atoms in total. The van der Waals surface area contributed by atoms with E-state index in [1.54, 1.807) is 19.6 Å². The van der Waals surface area contributed by atoms with Crippen LogP contribution in [0.15, 0.2) is 48.0 Å². The molecule has 22 heavy (non-hydrogen) atoms. The maximum Gasteiger partial charge on any atom is 0.191 e. The van der Waals surface area contributed by atoms with Crippen LogP contribution in [-0.4, -0.2) is 42.3 Å². The van der Waals surface area contributed by atoms with Crippen molar-refractivity contribution in [3.8, 4) is 5.69 Å². The number of nitrogens with zero attached hydrogens (tertiary/aromatic N) is 3. The van der Waals surface area contributed by atoms with Gasteiger partial charge < -0.3 is 19.9 Å². The average Bonchev–Trinajstić information content (AvgIpc) is 3.07. The predicted molar refractivity (Wildman–Crippen MR) is 88.3 cm³/mol. The van der Waals surface area contributed by atoms with Gasteiger partial charge in [0.2, 0.25) is 0 Å². The molecule has 2 N–H and O–H groups in total. The minimum atomic E-state index is 0.594. The van der Waals surface area contributed by atoms with Gasteiger partial charge in [-0.05, 0) is 18.6 Å². The van der Waals surface area contributed by atoms with Gasteiger partial charge in [0.1, 0.15) is 0 Å². The molecule has 0 fully saturated rings. The Morgan fingerprint density at radius 1 is 1.32 bits per heavy atom. The van der Waals surface area contributed by atoms with E-state index >= 15 is 0 Å². The van der Waals surface area contributed by atoms with Gasteiger partial charge in [0, 0.05) is 32.6 Å². The van der Waals surface area contributed by atoms with Crippen LogP contribution in [0.2, 0.25) is 0 Å². The normalized spacial score (nSPS) is 11.5. The first-order valence-corrected chi connectivity index (χ1v) is 7.42. The molecule has 0 saturated heterocycles. The number of hydrogen-bond acceptors (Lipinski definition) is 3. The molecular weight excluding hydrogens is 278 g/mol. The number of ether oxygens (including phenoxy) is 1. The Kier molecular flexibility index (Phi) is 6.44. The van der Waals surface area contributed by atoms with Crippen molar-refractivity contribution < 1.29 is 4.74 Å². The first-order chi connectivity index (χ1) is 10.8. The van der Waals surface area contributed by atoms with Crippen molar-refractivity contribution in [2.75, 3.05) is 26.8 Å². The second-order valence-electron chi connectivity index (χ2n) is 4.71. The molecule has 0 aliphatic carbocycles. The Morgan fingerprint density at radius 3 is 2.91 bits per heavy atom. The molecule has 1 aromatic heterocycles. The smallest absolute Gasteiger partial charge is 0.191 e. The summed E-state index contributed by atoms with van der Waals surface area (Å²) in [4.78, 5) is 8.73. The van der Waals surface area contributed by atoms with Crippen LogP contribution in [-0.2, 0) is 11.3 Å². The summed E-state index contributed by atoms with van der Waals surface area (Å²) in [6, 6.07) is 8.19. The molecule has 0 radical (unpaired) electrons. The Labute approximate surface area is 131 Å².